The lowest BCUT2D eigenvalue weighted by atomic mass is 10.1. The van der Waals surface area contributed by atoms with Crippen molar-refractivity contribution >= 4 is 26.9 Å². The van der Waals surface area contributed by atoms with Gasteiger partial charge < -0.3 is 9.15 Å². The maximum atomic E-state index is 11.9. The summed E-state index contributed by atoms with van der Waals surface area (Å²) in [4.78, 5) is 14.0. The average molecular weight is 414 g/mol. The monoisotopic (exact) mass is 413 g/mol. The molecule has 0 aliphatic rings. The minimum Gasteiger partial charge on any atom is -0.490 e. The van der Waals surface area contributed by atoms with Gasteiger partial charge in [-0.2, -0.15) is 0 Å². The fraction of sp³-hybridized carbons (Fsp3) is 0.190. The van der Waals surface area contributed by atoms with E-state index in [-0.39, 0.29) is 5.63 Å². The Hall–Kier alpha value is -2.37. The number of nitrogens with zero attached hydrogens (tertiary/aromatic N) is 1. The third-order valence-electron chi connectivity index (χ3n) is 3.98. The summed E-state index contributed by atoms with van der Waals surface area (Å²) in [6.45, 7) is 5.56. The van der Waals surface area contributed by atoms with Gasteiger partial charge >= 0.3 is 5.63 Å². The van der Waals surface area contributed by atoms with Gasteiger partial charge in [0.25, 0.3) is 0 Å². The first-order valence-electron chi connectivity index (χ1n) is 8.28. The fourth-order valence-corrected chi connectivity index (χ4v) is 3.18. The van der Waals surface area contributed by atoms with E-state index in [9.17, 15) is 4.79 Å². The molecule has 5 heteroatoms. The predicted octanol–water partition coefficient (Wildman–Crippen LogP) is 4.75. The molecule has 0 aliphatic heterocycles. The number of benzene rings is 2. The quantitative estimate of drug-likeness (QED) is 0.413. The summed E-state index contributed by atoms with van der Waals surface area (Å²) >= 11 is 3.41. The molecule has 0 spiro atoms. The molecule has 134 valence electrons. The Morgan fingerprint density at radius 3 is 2.65 bits per heavy atom. The molecule has 0 radical (unpaired) electrons. The Morgan fingerprint density at radius 1 is 1.15 bits per heavy atom. The largest absolute Gasteiger partial charge is 0.490 e. The van der Waals surface area contributed by atoms with Crippen molar-refractivity contribution < 1.29 is 9.15 Å². The summed E-state index contributed by atoms with van der Waals surface area (Å²) in [6.07, 6.45) is 1.72. The van der Waals surface area contributed by atoms with Crippen molar-refractivity contribution in [2.45, 2.75) is 13.1 Å². The zero-order chi connectivity index (χ0) is 18.5. The van der Waals surface area contributed by atoms with E-state index >= 15 is 0 Å². The maximum absolute atomic E-state index is 11.9. The van der Waals surface area contributed by atoms with Crippen LogP contribution in [0.4, 0.5) is 0 Å². The number of hydrogen-bond acceptors (Lipinski definition) is 4. The van der Waals surface area contributed by atoms with Gasteiger partial charge in [-0.05, 0) is 48.5 Å². The molecule has 4 nitrogen and oxygen atoms in total. The van der Waals surface area contributed by atoms with Crippen LogP contribution in [0.15, 0.2) is 74.9 Å². The molecule has 0 fully saturated rings. The lowest BCUT2D eigenvalue weighted by Gasteiger charge is -2.18. The molecule has 0 saturated carbocycles. The van der Waals surface area contributed by atoms with Gasteiger partial charge in [-0.1, -0.05) is 40.7 Å². The SMILES string of the molecule is C=CCOc1ccc(CN(C)Cc2cc(=O)oc3cc(Br)ccc23)cc1. The lowest BCUT2D eigenvalue weighted by Crippen LogP contribution is -2.18. The van der Waals surface area contributed by atoms with Crippen molar-refractivity contribution in [3.8, 4) is 5.75 Å². The second-order valence-electron chi connectivity index (χ2n) is 6.15. The maximum Gasteiger partial charge on any atom is 0.336 e. The molecule has 0 amide bonds. The number of hydrogen-bond donors (Lipinski definition) is 0. The molecule has 0 saturated heterocycles. The highest BCUT2D eigenvalue weighted by Gasteiger charge is 2.09. The number of ether oxygens (including phenoxy) is 1. The highest BCUT2D eigenvalue weighted by Crippen LogP contribution is 2.23. The lowest BCUT2D eigenvalue weighted by molar-refractivity contribution is 0.319. The van der Waals surface area contributed by atoms with Crippen molar-refractivity contribution in [2.24, 2.45) is 0 Å². The van der Waals surface area contributed by atoms with Crippen molar-refractivity contribution in [2.75, 3.05) is 13.7 Å². The van der Waals surface area contributed by atoms with Crippen LogP contribution in [0, 0.1) is 0 Å². The Labute approximate surface area is 160 Å². The smallest absolute Gasteiger partial charge is 0.336 e. The first-order valence-corrected chi connectivity index (χ1v) is 9.08. The molecule has 0 unspecified atom stereocenters. The Bertz CT molecular complexity index is 963. The highest BCUT2D eigenvalue weighted by molar-refractivity contribution is 9.10. The predicted molar refractivity (Wildman–Crippen MR) is 107 cm³/mol. The molecular weight excluding hydrogens is 394 g/mol. The molecular formula is C21H20BrNO3. The molecule has 3 rings (SSSR count). The van der Waals surface area contributed by atoms with Crippen LogP contribution in [0.1, 0.15) is 11.1 Å². The summed E-state index contributed by atoms with van der Waals surface area (Å²) in [5, 5.41) is 0.952. The molecule has 0 atom stereocenters. The summed E-state index contributed by atoms with van der Waals surface area (Å²) in [5.41, 5.74) is 2.40. The van der Waals surface area contributed by atoms with Gasteiger partial charge in [-0.15, -0.1) is 0 Å². The first kappa shape index (κ1) is 18.4. The number of halogens is 1. The van der Waals surface area contributed by atoms with Gasteiger partial charge in [0.05, 0.1) is 0 Å². The van der Waals surface area contributed by atoms with Gasteiger partial charge in [0.2, 0.25) is 0 Å². The molecule has 26 heavy (non-hydrogen) atoms. The molecule has 0 bridgehead atoms. The summed E-state index contributed by atoms with van der Waals surface area (Å²) in [7, 11) is 2.03. The van der Waals surface area contributed by atoms with E-state index in [1.807, 2.05) is 49.5 Å². The van der Waals surface area contributed by atoms with E-state index in [0.29, 0.717) is 18.7 Å². The standard InChI is InChI=1S/C21H20BrNO3/c1-3-10-25-18-7-4-15(5-8-18)13-23(2)14-16-11-21(24)26-20-12-17(22)6-9-19(16)20/h3-9,11-12H,1,10,13-14H2,2H3. The Kier molecular flexibility index (Phi) is 5.91. The number of fused-ring (bicyclic) bond motifs is 1. The summed E-state index contributed by atoms with van der Waals surface area (Å²) in [5.74, 6) is 0.827. The molecule has 1 heterocycles. The van der Waals surface area contributed by atoms with Crippen LogP contribution in [-0.2, 0) is 13.1 Å². The summed E-state index contributed by atoms with van der Waals surface area (Å²) < 4.78 is 11.7. The van der Waals surface area contributed by atoms with E-state index in [4.69, 9.17) is 9.15 Å². The van der Waals surface area contributed by atoms with Crippen LogP contribution in [0.25, 0.3) is 11.0 Å². The van der Waals surface area contributed by atoms with Gasteiger partial charge in [-0.25, -0.2) is 4.79 Å². The topological polar surface area (TPSA) is 42.7 Å². The van der Waals surface area contributed by atoms with E-state index in [2.05, 4.69) is 27.4 Å². The van der Waals surface area contributed by atoms with Gasteiger partial charge in [0.1, 0.15) is 17.9 Å². The Balaban J connectivity index is 1.74. The van der Waals surface area contributed by atoms with Crippen LogP contribution in [0.2, 0.25) is 0 Å². The number of rotatable bonds is 7. The van der Waals surface area contributed by atoms with E-state index in [1.54, 1.807) is 12.1 Å². The zero-order valence-electron chi connectivity index (χ0n) is 14.6. The van der Waals surface area contributed by atoms with Crippen LogP contribution in [-0.4, -0.2) is 18.6 Å². The van der Waals surface area contributed by atoms with Crippen LogP contribution in [0.3, 0.4) is 0 Å². The Morgan fingerprint density at radius 2 is 1.92 bits per heavy atom. The van der Waals surface area contributed by atoms with Crippen molar-refractivity contribution in [3.63, 3.8) is 0 Å². The zero-order valence-corrected chi connectivity index (χ0v) is 16.2. The van der Waals surface area contributed by atoms with Crippen LogP contribution < -0.4 is 10.4 Å². The van der Waals surface area contributed by atoms with Crippen molar-refractivity contribution in [3.05, 3.63) is 87.2 Å². The van der Waals surface area contributed by atoms with E-state index in [1.165, 1.54) is 5.56 Å². The van der Waals surface area contributed by atoms with Crippen LogP contribution in [0.5, 0.6) is 5.75 Å². The molecule has 3 aromatic rings. The normalized spacial score (nSPS) is 11.0. The first-order chi connectivity index (χ1) is 12.5. The van der Waals surface area contributed by atoms with Crippen LogP contribution >= 0.6 is 15.9 Å². The molecule has 0 aliphatic carbocycles. The molecule has 1 aromatic heterocycles. The van der Waals surface area contributed by atoms with E-state index in [0.717, 1.165) is 27.7 Å². The minimum atomic E-state index is -0.331. The highest BCUT2D eigenvalue weighted by atomic mass is 79.9. The second-order valence-corrected chi connectivity index (χ2v) is 7.06. The van der Waals surface area contributed by atoms with Gasteiger partial charge in [0, 0.05) is 29.0 Å². The third kappa shape index (κ3) is 4.62. The summed E-state index contributed by atoms with van der Waals surface area (Å²) in [6, 6.07) is 15.3. The van der Waals surface area contributed by atoms with Crippen molar-refractivity contribution in [1.29, 1.82) is 0 Å². The van der Waals surface area contributed by atoms with Gasteiger partial charge in [0.15, 0.2) is 0 Å². The third-order valence-corrected chi connectivity index (χ3v) is 4.47. The van der Waals surface area contributed by atoms with E-state index < -0.39 is 0 Å². The average Bonchev–Trinajstić information content (AvgIpc) is 2.60. The van der Waals surface area contributed by atoms with Crippen molar-refractivity contribution in [1.82, 2.24) is 4.90 Å². The van der Waals surface area contributed by atoms with Gasteiger partial charge in [-0.3, -0.25) is 4.90 Å². The minimum absolute atomic E-state index is 0.331. The molecule has 2 aromatic carbocycles. The molecule has 0 N–H and O–H groups in total. The fourth-order valence-electron chi connectivity index (χ4n) is 2.84. The second kappa shape index (κ2) is 8.34.